The normalized spacial score (nSPS) is 10.5. The van der Waals surface area contributed by atoms with E-state index in [9.17, 15) is 4.48 Å². The number of nitrogens with zero attached hydrogens (tertiary/aromatic N) is 2. The molecule has 3 rings (SSSR count). The van der Waals surface area contributed by atoms with E-state index in [2.05, 4.69) is 15.0 Å². The molecule has 2 aromatic heterocycles. The lowest BCUT2D eigenvalue weighted by Gasteiger charge is -2.05. The molecule has 2 N–H and O–H groups in total. The first-order valence-corrected chi connectivity index (χ1v) is 5.29. The first-order chi connectivity index (χ1) is 8.86. The van der Waals surface area contributed by atoms with Crippen molar-refractivity contribution in [2.75, 3.05) is 5.54 Å². The Morgan fingerprint density at radius 2 is 1.94 bits per heavy atom. The second kappa shape index (κ2) is 4.33. The molecule has 18 heavy (non-hydrogen) atoms. The van der Waals surface area contributed by atoms with Crippen molar-refractivity contribution in [2.24, 2.45) is 0 Å². The molecule has 0 bridgehead atoms. The van der Waals surface area contributed by atoms with Crippen molar-refractivity contribution in [1.82, 2.24) is 15.0 Å². The highest BCUT2D eigenvalue weighted by Crippen LogP contribution is 2.26. The third kappa shape index (κ3) is 1.84. The molecule has 2 heterocycles. The molecule has 0 saturated heterocycles. The minimum atomic E-state index is 0.372. The Bertz CT molecular complexity index is 665. The molecule has 0 radical (unpaired) electrons. The lowest BCUT2D eigenvalue weighted by Crippen LogP contribution is -1.90. The maximum atomic E-state index is 12.1. The molecule has 0 fully saturated rings. The van der Waals surface area contributed by atoms with Crippen LogP contribution in [0.15, 0.2) is 42.9 Å². The van der Waals surface area contributed by atoms with E-state index < -0.39 is 0 Å². The molecule has 0 aliphatic rings. The van der Waals surface area contributed by atoms with Gasteiger partial charge in [0.1, 0.15) is 17.7 Å². The van der Waals surface area contributed by atoms with E-state index in [1.54, 1.807) is 36.0 Å². The monoisotopic (exact) mass is 244 g/mol. The quantitative estimate of drug-likeness (QED) is 0.695. The summed E-state index contributed by atoms with van der Waals surface area (Å²) in [5.41, 5.74) is 2.64. The van der Waals surface area contributed by atoms with E-state index in [1.807, 2.05) is 6.07 Å². The summed E-state index contributed by atoms with van der Waals surface area (Å²) in [4.78, 5) is 11.1. The van der Waals surface area contributed by atoms with Gasteiger partial charge in [0.15, 0.2) is 0 Å². The van der Waals surface area contributed by atoms with Gasteiger partial charge in [-0.2, -0.15) is 0 Å². The molecule has 0 aliphatic carbocycles. The Labute approximate surface area is 102 Å². The summed E-state index contributed by atoms with van der Waals surface area (Å²) >= 11 is 0. The van der Waals surface area contributed by atoms with Gasteiger partial charge in [-0.25, -0.2) is 15.5 Å². The topological polar surface area (TPSA) is 62.8 Å². The summed E-state index contributed by atoms with van der Waals surface area (Å²) in [6, 6.07) is 8.29. The van der Waals surface area contributed by atoms with E-state index >= 15 is 0 Å². The zero-order valence-corrected chi connectivity index (χ0v) is 9.22. The summed E-state index contributed by atoms with van der Waals surface area (Å²) in [5.74, 6) is 1.04. The molecule has 1 aromatic carbocycles. The second-order valence-corrected chi connectivity index (χ2v) is 3.64. The minimum Gasteiger partial charge on any atom is -0.438 e. The lowest BCUT2D eigenvalue weighted by atomic mass is 10.3. The number of ether oxygens (including phenoxy) is 1. The molecule has 6 heteroatoms. The van der Waals surface area contributed by atoms with E-state index in [0.29, 0.717) is 23.0 Å². The van der Waals surface area contributed by atoms with Crippen LogP contribution in [0.5, 0.6) is 11.6 Å². The number of H-pyrrole nitrogens is 1. The van der Waals surface area contributed by atoms with Crippen LogP contribution in [0.2, 0.25) is 0 Å². The first-order valence-electron chi connectivity index (χ1n) is 5.29. The smallest absolute Gasteiger partial charge is 0.231 e. The van der Waals surface area contributed by atoms with E-state index in [0.717, 1.165) is 5.39 Å². The molecular weight excluding hydrogens is 235 g/mol. The fraction of sp³-hybridized carbons (Fsp3) is 0. The fourth-order valence-electron chi connectivity index (χ4n) is 1.63. The largest absolute Gasteiger partial charge is 0.438 e. The minimum absolute atomic E-state index is 0.372. The number of aromatic amines is 1. The zero-order valence-electron chi connectivity index (χ0n) is 9.22. The molecule has 90 valence electrons. The number of fused-ring (bicyclic) bond motifs is 1. The molecule has 0 amide bonds. The molecule has 0 unspecified atom stereocenters. The summed E-state index contributed by atoms with van der Waals surface area (Å²) in [6.07, 6.45) is 3.19. The molecule has 0 atom stereocenters. The highest BCUT2D eigenvalue weighted by atomic mass is 19.2. The van der Waals surface area contributed by atoms with Gasteiger partial charge in [0, 0.05) is 6.20 Å². The molecule has 0 spiro atoms. The number of halogens is 1. The lowest BCUT2D eigenvalue weighted by molar-refractivity contribution is 0.468. The van der Waals surface area contributed by atoms with Crippen LogP contribution < -0.4 is 10.3 Å². The van der Waals surface area contributed by atoms with Gasteiger partial charge < -0.3 is 9.72 Å². The number of nitrogens with one attached hydrogen (secondary N) is 2. The predicted octanol–water partition coefficient (Wildman–Crippen LogP) is 3.05. The van der Waals surface area contributed by atoms with Crippen LogP contribution >= 0.6 is 0 Å². The SMILES string of the molecule is FNc1ccc(Oc2ncnc3[nH]ccc23)cc1. The van der Waals surface area contributed by atoms with Crippen LogP contribution in [0.25, 0.3) is 11.0 Å². The predicted molar refractivity (Wildman–Crippen MR) is 65.1 cm³/mol. The van der Waals surface area contributed by atoms with E-state index in [4.69, 9.17) is 4.74 Å². The number of hydrogen-bond donors (Lipinski definition) is 2. The average molecular weight is 244 g/mol. The Morgan fingerprint density at radius 3 is 2.72 bits per heavy atom. The first kappa shape index (κ1) is 10.5. The van der Waals surface area contributed by atoms with Crippen molar-refractivity contribution in [3.8, 4) is 11.6 Å². The standard InChI is InChI=1S/C12H9FN4O/c13-17-8-1-3-9(4-2-8)18-12-10-5-6-14-11(10)15-7-16-12/h1-7,17H,(H,14,15,16). The van der Waals surface area contributed by atoms with Crippen LogP contribution in [0.4, 0.5) is 10.2 Å². The number of anilines is 1. The summed E-state index contributed by atoms with van der Waals surface area (Å²) in [6.45, 7) is 0. The van der Waals surface area contributed by atoms with Gasteiger partial charge in [0.05, 0.1) is 11.1 Å². The van der Waals surface area contributed by atoms with Gasteiger partial charge in [-0.1, -0.05) is 0 Å². The van der Waals surface area contributed by atoms with Gasteiger partial charge >= 0.3 is 0 Å². The zero-order chi connectivity index (χ0) is 12.4. The third-order valence-corrected chi connectivity index (χ3v) is 2.50. The second-order valence-electron chi connectivity index (χ2n) is 3.64. The number of aromatic nitrogens is 3. The molecular formula is C12H9FN4O. The summed E-state index contributed by atoms with van der Waals surface area (Å²) in [5, 5.41) is 0.796. The van der Waals surface area contributed by atoms with Gasteiger partial charge in [0.2, 0.25) is 5.88 Å². The van der Waals surface area contributed by atoms with Crippen molar-refractivity contribution in [1.29, 1.82) is 0 Å². The van der Waals surface area contributed by atoms with Crippen molar-refractivity contribution in [2.45, 2.75) is 0 Å². The summed E-state index contributed by atoms with van der Waals surface area (Å²) in [7, 11) is 0. The van der Waals surface area contributed by atoms with Crippen LogP contribution in [-0.4, -0.2) is 15.0 Å². The summed E-state index contributed by atoms with van der Waals surface area (Å²) < 4.78 is 17.8. The van der Waals surface area contributed by atoms with Gasteiger partial charge in [-0.15, -0.1) is 4.48 Å². The Balaban J connectivity index is 1.93. The van der Waals surface area contributed by atoms with Crippen molar-refractivity contribution in [3.63, 3.8) is 0 Å². The van der Waals surface area contributed by atoms with Crippen LogP contribution in [0.3, 0.4) is 0 Å². The van der Waals surface area contributed by atoms with Crippen LogP contribution in [0.1, 0.15) is 0 Å². The molecule has 3 aromatic rings. The molecule has 0 saturated carbocycles. The Hall–Kier alpha value is -2.63. The fourth-order valence-corrected chi connectivity index (χ4v) is 1.63. The van der Waals surface area contributed by atoms with Crippen molar-refractivity contribution >= 4 is 16.7 Å². The van der Waals surface area contributed by atoms with E-state index in [-0.39, 0.29) is 0 Å². The number of benzene rings is 1. The van der Waals surface area contributed by atoms with Gasteiger partial charge in [0.25, 0.3) is 0 Å². The molecule has 0 aliphatic heterocycles. The number of hydrogen-bond acceptors (Lipinski definition) is 4. The highest BCUT2D eigenvalue weighted by molar-refractivity contribution is 5.80. The molecule has 5 nitrogen and oxygen atoms in total. The van der Waals surface area contributed by atoms with Crippen LogP contribution in [-0.2, 0) is 0 Å². The van der Waals surface area contributed by atoms with Gasteiger partial charge in [-0.3, -0.25) is 0 Å². The Morgan fingerprint density at radius 1 is 1.11 bits per heavy atom. The Kier molecular flexibility index (Phi) is 2.53. The number of rotatable bonds is 3. The highest BCUT2D eigenvalue weighted by Gasteiger charge is 2.06. The maximum absolute atomic E-state index is 12.1. The maximum Gasteiger partial charge on any atom is 0.231 e. The average Bonchev–Trinajstić information content (AvgIpc) is 2.89. The van der Waals surface area contributed by atoms with Crippen LogP contribution in [0, 0.1) is 0 Å². The van der Waals surface area contributed by atoms with Crippen molar-refractivity contribution in [3.05, 3.63) is 42.9 Å². The van der Waals surface area contributed by atoms with Gasteiger partial charge in [-0.05, 0) is 30.3 Å². The van der Waals surface area contributed by atoms with E-state index in [1.165, 1.54) is 6.33 Å². The van der Waals surface area contributed by atoms with Crippen molar-refractivity contribution < 1.29 is 9.22 Å². The third-order valence-electron chi connectivity index (χ3n) is 2.50.